The van der Waals surface area contributed by atoms with E-state index in [9.17, 15) is 13.6 Å². The van der Waals surface area contributed by atoms with Crippen molar-refractivity contribution in [2.24, 2.45) is 5.92 Å². The fourth-order valence-corrected chi connectivity index (χ4v) is 3.81. The van der Waals surface area contributed by atoms with Crippen LogP contribution >= 0.6 is 0 Å². The summed E-state index contributed by atoms with van der Waals surface area (Å²) in [6.07, 6.45) is 1.75. The molecule has 126 valence electrons. The summed E-state index contributed by atoms with van der Waals surface area (Å²) in [6, 6.07) is 7.98. The van der Waals surface area contributed by atoms with E-state index in [4.69, 9.17) is 0 Å². The maximum atomic E-state index is 13.3. The zero-order valence-corrected chi connectivity index (χ0v) is 13.5. The molecule has 3 nitrogen and oxygen atoms in total. The maximum Gasteiger partial charge on any atom is 0.248 e. The second kappa shape index (κ2) is 6.56. The van der Waals surface area contributed by atoms with Gasteiger partial charge in [0.25, 0.3) is 0 Å². The Morgan fingerprint density at radius 2 is 1.91 bits per heavy atom. The molecule has 1 aromatic rings. The molecule has 0 radical (unpaired) electrons. The van der Waals surface area contributed by atoms with Crippen LogP contribution in [0.1, 0.15) is 36.8 Å². The van der Waals surface area contributed by atoms with Crippen molar-refractivity contribution < 1.29 is 13.6 Å². The Hall–Kier alpha value is -1.49. The van der Waals surface area contributed by atoms with Gasteiger partial charge in [-0.25, -0.2) is 8.78 Å². The average molecular weight is 322 g/mol. The first-order chi connectivity index (χ1) is 11.0. The van der Waals surface area contributed by atoms with Crippen LogP contribution in [0.3, 0.4) is 0 Å². The molecule has 0 bridgehead atoms. The number of hydrogen-bond acceptors (Lipinski definition) is 2. The third-order valence-corrected chi connectivity index (χ3v) is 5.22. The molecule has 0 unspecified atom stereocenters. The first-order valence-corrected chi connectivity index (χ1v) is 8.39. The van der Waals surface area contributed by atoms with Gasteiger partial charge in [0.1, 0.15) is 0 Å². The van der Waals surface area contributed by atoms with Gasteiger partial charge < -0.3 is 5.32 Å². The molecular weight excluding hydrogens is 298 g/mol. The van der Waals surface area contributed by atoms with Crippen LogP contribution in [0, 0.1) is 5.92 Å². The normalized spacial score (nSPS) is 24.9. The molecule has 1 aromatic carbocycles. The smallest absolute Gasteiger partial charge is 0.248 e. The Morgan fingerprint density at radius 1 is 1.26 bits per heavy atom. The minimum atomic E-state index is -2.49. The van der Waals surface area contributed by atoms with E-state index in [2.05, 4.69) is 22.3 Å². The minimum absolute atomic E-state index is 0.0145. The summed E-state index contributed by atoms with van der Waals surface area (Å²) in [5.74, 6) is -2.22. The van der Waals surface area contributed by atoms with Crippen LogP contribution in [0.25, 0.3) is 0 Å². The van der Waals surface area contributed by atoms with Crippen LogP contribution in [0.5, 0.6) is 0 Å². The number of benzene rings is 1. The lowest BCUT2D eigenvalue weighted by Crippen LogP contribution is -2.51. The second-order valence-corrected chi connectivity index (χ2v) is 6.83. The molecule has 23 heavy (non-hydrogen) atoms. The Bertz CT molecular complexity index is 566. The summed E-state index contributed by atoms with van der Waals surface area (Å²) in [6.45, 7) is 1.45. The number of rotatable bonds is 3. The molecule has 0 spiro atoms. The van der Waals surface area contributed by atoms with Gasteiger partial charge in [-0.15, -0.1) is 0 Å². The topological polar surface area (TPSA) is 32.3 Å². The monoisotopic (exact) mass is 322 g/mol. The van der Waals surface area contributed by atoms with E-state index >= 15 is 0 Å². The van der Waals surface area contributed by atoms with Gasteiger partial charge in [-0.1, -0.05) is 24.3 Å². The third-order valence-electron chi connectivity index (χ3n) is 5.22. The van der Waals surface area contributed by atoms with Crippen LogP contribution in [0.2, 0.25) is 0 Å². The van der Waals surface area contributed by atoms with Gasteiger partial charge in [0, 0.05) is 33.0 Å². The van der Waals surface area contributed by atoms with E-state index in [0.717, 1.165) is 13.1 Å². The highest BCUT2D eigenvalue weighted by Crippen LogP contribution is 2.37. The predicted octanol–water partition coefficient (Wildman–Crippen LogP) is 2.98. The van der Waals surface area contributed by atoms with Gasteiger partial charge in [-0.2, -0.15) is 0 Å². The molecule has 0 aromatic heterocycles. The van der Waals surface area contributed by atoms with Gasteiger partial charge in [0.15, 0.2) is 0 Å². The first kappa shape index (κ1) is 16.4. The van der Waals surface area contributed by atoms with E-state index in [0.29, 0.717) is 19.3 Å². The van der Waals surface area contributed by atoms with E-state index < -0.39 is 5.92 Å². The van der Waals surface area contributed by atoms with Gasteiger partial charge in [0.2, 0.25) is 11.8 Å². The Morgan fingerprint density at radius 3 is 2.57 bits per heavy atom. The first-order valence-electron chi connectivity index (χ1n) is 8.39. The highest BCUT2D eigenvalue weighted by molar-refractivity contribution is 5.82. The van der Waals surface area contributed by atoms with Gasteiger partial charge >= 0.3 is 0 Å². The minimum Gasteiger partial charge on any atom is -0.358 e. The highest BCUT2D eigenvalue weighted by atomic mass is 19.3. The number of amides is 1. The molecule has 1 saturated carbocycles. The molecule has 1 amide bonds. The third kappa shape index (κ3) is 3.71. The summed E-state index contributed by atoms with van der Waals surface area (Å²) < 4.78 is 26.7. The zero-order chi connectivity index (χ0) is 16.4. The van der Waals surface area contributed by atoms with Crippen molar-refractivity contribution in [3.05, 3.63) is 35.4 Å². The van der Waals surface area contributed by atoms with Crippen LogP contribution in [-0.2, 0) is 17.8 Å². The fourth-order valence-electron chi connectivity index (χ4n) is 3.81. The van der Waals surface area contributed by atoms with Crippen LogP contribution in [-0.4, -0.2) is 36.4 Å². The summed E-state index contributed by atoms with van der Waals surface area (Å²) in [7, 11) is 1.65. The summed E-state index contributed by atoms with van der Waals surface area (Å²) in [4.78, 5) is 14.4. The standard InChI is InChI=1S/C18H24F2N2O/c1-21-17(23)16-10-14-4-2-3-5-15(14)12-22(16)11-13-6-8-18(19,20)9-7-13/h2-5,13,16H,6-12H2,1H3,(H,21,23)/t16-/m0/s1. The van der Waals surface area contributed by atoms with Crippen LogP contribution in [0.15, 0.2) is 24.3 Å². The van der Waals surface area contributed by atoms with E-state index in [1.165, 1.54) is 11.1 Å². The Labute approximate surface area is 136 Å². The summed E-state index contributed by atoms with van der Waals surface area (Å²) >= 11 is 0. The largest absolute Gasteiger partial charge is 0.358 e. The molecular formula is C18H24F2N2O. The average Bonchev–Trinajstić information content (AvgIpc) is 2.55. The van der Waals surface area contributed by atoms with Crippen molar-refractivity contribution in [2.75, 3.05) is 13.6 Å². The van der Waals surface area contributed by atoms with Gasteiger partial charge in [0.05, 0.1) is 6.04 Å². The Balaban J connectivity index is 1.72. The van der Waals surface area contributed by atoms with Crippen LogP contribution < -0.4 is 5.32 Å². The molecule has 2 aliphatic rings. The van der Waals surface area contributed by atoms with Crippen molar-refractivity contribution in [3.8, 4) is 0 Å². The second-order valence-electron chi connectivity index (χ2n) is 6.83. The van der Waals surface area contributed by atoms with E-state index in [1.807, 2.05) is 12.1 Å². The molecule has 1 fully saturated rings. The van der Waals surface area contributed by atoms with Crippen LogP contribution in [0.4, 0.5) is 8.78 Å². The Kier molecular flexibility index (Phi) is 4.67. The number of halogens is 2. The zero-order valence-electron chi connectivity index (χ0n) is 13.5. The van der Waals surface area contributed by atoms with Crippen molar-refractivity contribution in [1.82, 2.24) is 10.2 Å². The molecule has 3 rings (SSSR count). The molecule has 1 aliphatic carbocycles. The highest BCUT2D eigenvalue weighted by Gasteiger charge is 2.37. The lowest BCUT2D eigenvalue weighted by Gasteiger charge is -2.39. The SMILES string of the molecule is CNC(=O)[C@@H]1Cc2ccccc2CN1CC1CCC(F)(F)CC1. The maximum absolute atomic E-state index is 13.3. The fraction of sp³-hybridized carbons (Fsp3) is 0.611. The quantitative estimate of drug-likeness (QED) is 0.928. The van der Waals surface area contributed by atoms with Crippen molar-refractivity contribution >= 4 is 5.91 Å². The number of nitrogens with one attached hydrogen (secondary N) is 1. The van der Waals surface area contributed by atoms with E-state index in [-0.39, 0.29) is 30.7 Å². The number of carbonyl (C=O) groups is 1. The molecule has 1 N–H and O–H groups in total. The molecule has 1 aliphatic heterocycles. The molecule has 0 saturated heterocycles. The number of carbonyl (C=O) groups excluding carboxylic acids is 1. The number of fused-ring (bicyclic) bond motifs is 1. The summed E-state index contributed by atoms with van der Waals surface area (Å²) in [5.41, 5.74) is 2.46. The summed E-state index contributed by atoms with van der Waals surface area (Å²) in [5, 5.41) is 2.75. The lowest BCUT2D eigenvalue weighted by molar-refractivity contribution is -0.127. The lowest BCUT2D eigenvalue weighted by atomic mass is 9.85. The van der Waals surface area contributed by atoms with Crippen molar-refractivity contribution in [3.63, 3.8) is 0 Å². The predicted molar refractivity (Wildman–Crippen MR) is 85.3 cm³/mol. The van der Waals surface area contributed by atoms with Gasteiger partial charge in [-0.3, -0.25) is 9.69 Å². The van der Waals surface area contributed by atoms with E-state index in [1.54, 1.807) is 7.05 Å². The molecule has 1 atom stereocenters. The number of likely N-dealkylation sites (N-methyl/N-ethyl adjacent to an activating group) is 1. The molecule has 5 heteroatoms. The van der Waals surface area contributed by atoms with Gasteiger partial charge in [-0.05, 0) is 36.3 Å². The van der Waals surface area contributed by atoms with Crippen molar-refractivity contribution in [1.29, 1.82) is 0 Å². The van der Waals surface area contributed by atoms with Crippen molar-refractivity contribution in [2.45, 2.75) is 50.6 Å². The number of nitrogens with zero attached hydrogens (tertiary/aromatic N) is 1. The number of alkyl halides is 2. The number of hydrogen-bond donors (Lipinski definition) is 1. The molecule has 1 heterocycles.